The van der Waals surface area contributed by atoms with Gasteiger partial charge in [-0.2, -0.15) is 0 Å². The first kappa shape index (κ1) is 32.1. The fourth-order valence-electron chi connectivity index (χ4n) is 9.18. The molecule has 266 valence electrons. The molecule has 3 heteroatoms. The lowest BCUT2D eigenvalue weighted by atomic mass is 9.93. The van der Waals surface area contributed by atoms with Gasteiger partial charge < -0.3 is 9.47 Å². The van der Waals surface area contributed by atoms with E-state index in [1.165, 1.54) is 91.1 Å². The number of para-hydroxylation sites is 2. The van der Waals surface area contributed by atoms with Crippen LogP contribution in [0.15, 0.2) is 206 Å². The van der Waals surface area contributed by atoms with Gasteiger partial charge in [-0.15, -0.1) is 11.3 Å². The molecular weight excluding hydrogens is 709 g/mol. The number of nitrogens with zero attached hydrogens (tertiary/aromatic N) is 2. The fraction of sp³-hybridized carbons (Fsp3) is 0. The molecule has 2 aromatic heterocycles. The average molecular weight is 743 g/mol. The van der Waals surface area contributed by atoms with Crippen LogP contribution in [0.2, 0.25) is 0 Å². The van der Waals surface area contributed by atoms with Crippen molar-refractivity contribution in [3.63, 3.8) is 0 Å². The minimum atomic E-state index is 1.12. The van der Waals surface area contributed by atoms with Gasteiger partial charge >= 0.3 is 0 Å². The highest BCUT2D eigenvalue weighted by Gasteiger charge is 2.23. The second-order valence-electron chi connectivity index (χ2n) is 14.9. The molecule has 0 amide bonds. The highest BCUT2D eigenvalue weighted by Crippen LogP contribution is 2.49. The number of anilines is 3. The molecule has 0 saturated heterocycles. The van der Waals surface area contributed by atoms with Crippen molar-refractivity contribution in [3.05, 3.63) is 206 Å². The SMILES string of the molecule is c1ccc(-n2c3ccccc3c3cc(N(c4ccc(-c5cccc6ccccc56)c5ccccc45)c4cccc5c4sc4cc6ccccc6cc45)ccc32)cc1. The van der Waals surface area contributed by atoms with E-state index in [1.807, 2.05) is 11.3 Å². The molecule has 0 bridgehead atoms. The molecule has 2 nitrogen and oxygen atoms in total. The summed E-state index contributed by atoms with van der Waals surface area (Å²) in [4.78, 5) is 2.51. The standard InChI is InChI=1S/C54H34N2S/c1-2-18-38(19-3-1)55-49-26-11-10-23-45(49)47-34-39(28-30-51(47)55)56(52-27-13-25-46-48-32-36-15-4-5-16-37(36)33-53(48)57-54(46)52)50-31-29-43(42-21-8-9-22-44(42)50)41-24-12-17-35-14-6-7-20-40(35)41/h1-34H. The van der Waals surface area contributed by atoms with Crippen LogP contribution < -0.4 is 4.90 Å². The maximum absolute atomic E-state index is 2.51. The first-order valence-electron chi connectivity index (χ1n) is 19.5. The van der Waals surface area contributed by atoms with Gasteiger partial charge in [0.05, 0.1) is 27.1 Å². The number of benzene rings is 10. The molecule has 0 unspecified atom stereocenters. The van der Waals surface area contributed by atoms with Crippen LogP contribution in [0.25, 0.3) is 91.1 Å². The van der Waals surface area contributed by atoms with Crippen LogP contribution in [-0.2, 0) is 0 Å². The Kier molecular flexibility index (Phi) is 7.13. The third-order valence-electron chi connectivity index (χ3n) is 11.7. The van der Waals surface area contributed by atoms with Crippen LogP contribution in [0, 0.1) is 0 Å². The molecule has 0 saturated carbocycles. The maximum atomic E-state index is 2.51. The third-order valence-corrected chi connectivity index (χ3v) is 12.9. The van der Waals surface area contributed by atoms with Crippen molar-refractivity contribution in [2.45, 2.75) is 0 Å². The summed E-state index contributed by atoms with van der Waals surface area (Å²) >= 11 is 1.89. The van der Waals surface area contributed by atoms with Crippen molar-refractivity contribution in [1.29, 1.82) is 0 Å². The van der Waals surface area contributed by atoms with Crippen molar-refractivity contribution in [2.24, 2.45) is 0 Å². The van der Waals surface area contributed by atoms with E-state index in [-0.39, 0.29) is 0 Å². The minimum Gasteiger partial charge on any atom is -0.309 e. The molecule has 2 heterocycles. The molecule has 0 aliphatic carbocycles. The molecule has 0 radical (unpaired) electrons. The number of thiophene rings is 1. The van der Waals surface area contributed by atoms with E-state index in [2.05, 4.69) is 216 Å². The van der Waals surface area contributed by atoms with Gasteiger partial charge in [-0.25, -0.2) is 0 Å². The largest absolute Gasteiger partial charge is 0.309 e. The lowest BCUT2D eigenvalue weighted by Crippen LogP contribution is -2.11. The average Bonchev–Trinajstić information content (AvgIpc) is 3.81. The van der Waals surface area contributed by atoms with Gasteiger partial charge in [-0.3, -0.25) is 0 Å². The zero-order chi connectivity index (χ0) is 37.5. The summed E-state index contributed by atoms with van der Waals surface area (Å²) in [5.74, 6) is 0. The first-order chi connectivity index (χ1) is 28.3. The topological polar surface area (TPSA) is 8.17 Å². The lowest BCUT2D eigenvalue weighted by Gasteiger charge is -2.28. The van der Waals surface area contributed by atoms with E-state index < -0.39 is 0 Å². The molecule has 10 aromatic carbocycles. The van der Waals surface area contributed by atoms with Gasteiger partial charge in [0.25, 0.3) is 0 Å². The Hall–Kier alpha value is -7.20. The molecule has 12 aromatic rings. The number of hydrogen-bond donors (Lipinski definition) is 0. The summed E-state index contributed by atoms with van der Waals surface area (Å²) in [7, 11) is 0. The smallest absolute Gasteiger partial charge is 0.0640 e. The van der Waals surface area contributed by atoms with Crippen molar-refractivity contribution in [2.75, 3.05) is 4.90 Å². The van der Waals surface area contributed by atoms with Gasteiger partial charge in [-0.05, 0) is 98.7 Å². The second-order valence-corrected chi connectivity index (χ2v) is 15.9. The summed E-state index contributed by atoms with van der Waals surface area (Å²) in [5, 5.41) is 12.5. The van der Waals surface area contributed by atoms with Crippen LogP contribution in [-0.4, -0.2) is 4.57 Å². The third kappa shape index (κ3) is 4.96. The molecule has 0 spiro atoms. The van der Waals surface area contributed by atoms with E-state index in [9.17, 15) is 0 Å². The number of fused-ring (bicyclic) bond motifs is 9. The van der Waals surface area contributed by atoms with E-state index in [4.69, 9.17) is 0 Å². The highest BCUT2D eigenvalue weighted by atomic mass is 32.1. The zero-order valence-corrected chi connectivity index (χ0v) is 31.7. The zero-order valence-electron chi connectivity index (χ0n) is 30.9. The Balaban J connectivity index is 1.16. The van der Waals surface area contributed by atoms with Gasteiger partial charge in [0.2, 0.25) is 0 Å². The van der Waals surface area contributed by atoms with E-state index in [0.717, 1.165) is 17.1 Å². The Labute approximate surface area is 333 Å². The van der Waals surface area contributed by atoms with Crippen LogP contribution >= 0.6 is 11.3 Å². The van der Waals surface area contributed by atoms with Crippen molar-refractivity contribution in [3.8, 4) is 16.8 Å². The predicted molar refractivity (Wildman–Crippen MR) is 246 cm³/mol. The van der Waals surface area contributed by atoms with Gasteiger partial charge in [0.1, 0.15) is 0 Å². The number of hydrogen-bond acceptors (Lipinski definition) is 2. The van der Waals surface area contributed by atoms with Crippen LogP contribution in [0.5, 0.6) is 0 Å². The highest BCUT2D eigenvalue weighted by molar-refractivity contribution is 7.26. The Morgan fingerprint density at radius 3 is 1.84 bits per heavy atom. The fourth-order valence-corrected chi connectivity index (χ4v) is 10.4. The predicted octanol–water partition coefficient (Wildman–Crippen LogP) is 15.7. The quantitative estimate of drug-likeness (QED) is 0.170. The van der Waals surface area contributed by atoms with Crippen molar-refractivity contribution in [1.82, 2.24) is 4.57 Å². The van der Waals surface area contributed by atoms with Gasteiger partial charge in [-0.1, -0.05) is 146 Å². The van der Waals surface area contributed by atoms with E-state index >= 15 is 0 Å². The molecule has 57 heavy (non-hydrogen) atoms. The molecule has 0 fully saturated rings. The Morgan fingerprint density at radius 2 is 0.982 bits per heavy atom. The maximum Gasteiger partial charge on any atom is 0.0640 e. The number of rotatable bonds is 5. The van der Waals surface area contributed by atoms with E-state index in [1.54, 1.807) is 0 Å². The van der Waals surface area contributed by atoms with Crippen molar-refractivity contribution < 1.29 is 0 Å². The molecule has 0 aliphatic heterocycles. The molecule has 0 aliphatic rings. The Morgan fingerprint density at radius 1 is 0.351 bits per heavy atom. The summed E-state index contributed by atoms with van der Waals surface area (Å²) in [6, 6.07) is 75.8. The van der Waals surface area contributed by atoms with Gasteiger partial charge in [0.15, 0.2) is 0 Å². The normalized spacial score (nSPS) is 11.9. The molecule has 0 N–H and O–H groups in total. The number of aromatic nitrogens is 1. The summed E-state index contributed by atoms with van der Waals surface area (Å²) < 4.78 is 4.97. The first-order valence-corrected chi connectivity index (χ1v) is 20.3. The van der Waals surface area contributed by atoms with Gasteiger partial charge in [0, 0.05) is 43.0 Å². The monoisotopic (exact) mass is 742 g/mol. The van der Waals surface area contributed by atoms with E-state index in [0.29, 0.717) is 0 Å². The molecule has 0 atom stereocenters. The molecule has 12 rings (SSSR count). The minimum absolute atomic E-state index is 1.12. The van der Waals surface area contributed by atoms with Crippen molar-refractivity contribution >= 4 is 103 Å². The second kappa shape index (κ2) is 12.7. The van der Waals surface area contributed by atoms with Crippen LogP contribution in [0.3, 0.4) is 0 Å². The van der Waals surface area contributed by atoms with Crippen LogP contribution in [0.1, 0.15) is 0 Å². The lowest BCUT2D eigenvalue weighted by molar-refractivity contribution is 1.18. The molecular formula is C54H34N2S. The Bertz CT molecular complexity index is 3530. The summed E-state index contributed by atoms with van der Waals surface area (Å²) in [6.45, 7) is 0. The van der Waals surface area contributed by atoms with Crippen LogP contribution in [0.4, 0.5) is 17.1 Å². The summed E-state index contributed by atoms with van der Waals surface area (Å²) in [6.07, 6.45) is 0. The summed E-state index contributed by atoms with van der Waals surface area (Å²) in [5.41, 5.74) is 9.47.